The van der Waals surface area contributed by atoms with E-state index in [4.69, 9.17) is 21.8 Å². The second-order valence-electron chi connectivity index (χ2n) is 11.0. The molecule has 0 radical (unpaired) electrons. The van der Waals surface area contributed by atoms with Crippen molar-refractivity contribution in [1.82, 2.24) is 15.2 Å². The molecule has 3 heterocycles. The zero-order valence-electron chi connectivity index (χ0n) is 24.1. The molecular weight excluding hydrogens is 598 g/mol. The highest BCUT2D eigenvalue weighted by Crippen LogP contribution is 2.37. The van der Waals surface area contributed by atoms with Crippen molar-refractivity contribution in [1.29, 1.82) is 0 Å². The number of pyridine rings is 1. The van der Waals surface area contributed by atoms with Gasteiger partial charge in [-0.15, -0.1) is 0 Å². The van der Waals surface area contributed by atoms with Crippen molar-refractivity contribution in [2.24, 2.45) is 0 Å². The summed E-state index contributed by atoms with van der Waals surface area (Å²) >= 11 is 6.16. The lowest BCUT2D eigenvalue weighted by atomic mass is 9.96. The summed E-state index contributed by atoms with van der Waals surface area (Å²) in [4.78, 5) is 30.9. The Morgan fingerprint density at radius 3 is 2.36 bits per heavy atom. The van der Waals surface area contributed by atoms with Crippen LogP contribution in [0.3, 0.4) is 0 Å². The number of furan rings is 1. The number of hydrogen-bond donors (Lipinski definition) is 2. The summed E-state index contributed by atoms with van der Waals surface area (Å²) in [7, 11) is 0. The van der Waals surface area contributed by atoms with Crippen molar-refractivity contribution in [3.05, 3.63) is 113 Å². The molecule has 45 heavy (non-hydrogen) atoms. The van der Waals surface area contributed by atoms with E-state index in [9.17, 15) is 18.4 Å². The summed E-state index contributed by atoms with van der Waals surface area (Å²) in [6.45, 7) is 0.245. The number of nitrogens with zero attached hydrogens (tertiary/aromatic N) is 2. The van der Waals surface area contributed by atoms with Crippen LogP contribution in [0.1, 0.15) is 34.5 Å². The van der Waals surface area contributed by atoms with Gasteiger partial charge >= 0.3 is 0 Å². The number of aromatic nitrogens is 1. The first kappa shape index (κ1) is 30.0. The van der Waals surface area contributed by atoms with Gasteiger partial charge in [0.15, 0.2) is 0 Å². The number of carbonyl (C=O) groups excluding carboxylic acids is 2. The Morgan fingerprint density at radius 2 is 1.67 bits per heavy atom. The number of nitrogens with one attached hydrogen (secondary N) is 1. The molecule has 0 saturated carbocycles. The third-order valence-corrected chi connectivity index (χ3v) is 8.00. The number of hydrogen-bond acceptors (Lipinski definition) is 5. The fraction of sp³-hybridized carbons (Fsp3) is 0.171. The fourth-order valence-electron chi connectivity index (χ4n) is 5.25. The molecule has 1 saturated heterocycles. The van der Waals surface area contributed by atoms with Crippen LogP contribution in [0, 0.1) is 0 Å². The maximum Gasteiger partial charge on any atom is 0.253 e. The first-order chi connectivity index (χ1) is 21.6. The Bertz CT molecular complexity index is 1880. The minimum atomic E-state index is -2.72. The van der Waals surface area contributed by atoms with Crippen molar-refractivity contribution < 1.29 is 22.8 Å². The van der Waals surface area contributed by atoms with E-state index in [-0.39, 0.29) is 44.3 Å². The number of piperidine rings is 1. The van der Waals surface area contributed by atoms with Crippen LogP contribution in [0.25, 0.3) is 39.3 Å². The van der Waals surface area contributed by atoms with Crippen molar-refractivity contribution in [3.8, 4) is 22.3 Å². The van der Waals surface area contributed by atoms with Gasteiger partial charge < -0.3 is 20.4 Å². The SMILES string of the molecule is Nc1ccc(/C=C/C(=O)NCc2cc3cc(-c4ccc(C(=O)N5CCC(F)(F)CC5)cc4)cc(-c4ccc(Cl)cc4)c3o2)cn1. The van der Waals surface area contributed by atoms with Gasteiger partial charge in [-0.05, 0) is 82.9 Å². The molecule has 0 aliphatic carbocycles. The summed E-state index contributed by atoms with van der Waals surface area (Å²) in [6.07, 6.45) is 4.01. The number of halogens is 3. The van der Waals surface area contributed by atoms with E-state index in [1.165, 1.54) is 11.0 Å². The topological polar surface area (TPSA) is 101 Å². The summed E-state index contributed by atoms with van der Waals surface area (Å²) < 4.78 is 33.4. The Morgan fingerprint density at radius 1 is 0.956 bits per heavy atom. The molecule has 0 bridgehead atoms. The highest BCUT2D eigenvalue weighted by molar-refractivity contribution is 6.30. The molecule has 0 atom stereocenters. The highest BCUT2D eigenvalue weighted by Gasteiger charge is 2.35. The largest absolute Gasteiger partial charge is 0.459 e. The van der Waals surface area contributed by atoms with Gasteiger partial charge in [-0.2, -0.15) is 0 Å². The molecule has 5 aromatic rings. The quantitative estimate of drug-likeness (QED) is 0.181. The number of rotatable bonds is 7. The number of carbonyl (C=O) groups is 2. The molecule has 2 amide bonds. The van der Waals surface area contributed by atoms with Gasteiger partial charge in [-0.25, -0.2) is 13.8 Å². The van der Waals surface area contributed by atoms with Crippen LogP contribution in [-0.4, -0.2) is 40.7 Å². The number of likely N-dealkylation sites (tertiary alicyclic amines) is 1. The van der Waals surface area contributed by atoms with Gasteiger partial charge in [0.05, 0.1) is 6.54 Å². The minimum Gasteiger partial charge on any atom is -0.459 e. The molecule has 3 N–H and O–H groups in total. The van der Waals surface area contributed by atoms with Crippen LogP contribution >= 0.6 is 11.6 Å². The summed E-state index contributed by atoms with van der Waals surface area (Å²) in [5, 5.41) is 4.28. The van der Waals surface area contributed by atoms with Gasteiger partial charge in [0.2, 0.25) is 5.91 Å². The number of alkyl halides is 2. The van der Waals surface area contributed by atoms with Gasteiger partial charge in [-0.1, -0.05) is 35.9 Å². The van der Waals surface area contributed by atoms with Crippen molar-refractivity contribution in [2.45, 2.75) is 25.3 Å². The van der Waals surface area contributed by atoms with Crippen LogP contribution in [0.15, 0.2) is 95.6 Å². The molecule has 6 rings (SSSR count). The van der Waals surface area contributed by atoms with E-state index in [1.54, 1.807) is 48.7 Å². The Kier molecular flexibility index (Phi) is 8.36. The van der Waals surface area contributed by atoms with E-state index < -0.39 is 5.92 Å². The average Bonchev–Trinajstić information content (AvgIpc) is 3.46. The molecule has 1 aliphatic heterocycles. The lowest BCUT2D eigenvalue weighted by Crippen LogP contribution is -2.42. The Labute approximate surface area is 263 Å². The normalized spacial score (nSPS) is 14.6. The van der Waals surface area contributed by atoms with Gasteiger partial charge in [0.1, 0.15) is 17.2 Å². The lowest BCUT2D eigenvalue weighted by molar-refractivity contribution is -0.116. The molecule has 1 aliphatic rings. The molecule has 3 aromatic carbocycles. The predicted molar refractivity (Wildman–Crippen MR) is 172 cm³/mol. The van der Waals surface area contributed by atoms with Crippen LogP contribution in [0.2, 0.25) is 5.02 Å². The monoisotopic (exact) mass is 626 g/mol. The van der Waals surface area contributed by atoms with Crippen LogP contribution in [-0.2, 0) is 11.3 Å². The summed E-state index contributed by atoms with van der Waals surface area (Å²) in [5.41, 5.74) is 10.9. The van der Waals surface area contributed by atoms with E-state index in [0.717, 1.165) is 33.2 Å². The number of fused-ring (bicyclic) bond motifs is 1. The molecule has 7 nitrogen and oxygen atoms in total. The molecule has 228 valence electrons. The van der Waals surface area contributed by atoms with E-state index in [2.05, 4.69) is 10.3 Å². The molecule has 10 heteroatoms. The standard InChI is InChI=1S/C35H29ClF2N4O3/c36-28-9-7-24(8-10-28)30-19-26(23-3-5-25(6-4-23)34(44)42-15-13-35(37,38)14-16-42)17-27-18-29(45-33(27)30)21-41-32(43)12-2-22-1-11-31(39)40-20-22/h1-12,17-20H,13-16,21H2,(H2,39,40)(H,41,43)/b12-2+. The predicted octanol–water partition coefficient (Wildman–Crippen LogP) is 7.60. The summed E-state index contributed by atoms with van der Waals surface area (Å²) in [5.74, 6) is -2.29. The molecule has 0 unspecified atom stereocenters. The number of nitrogens with two attached hydrogens (primary N) is 1. The summed E-state index contributed by atoms with van der Waals surface area (Å²) in [6, 6.07) is 23.9. The second kappa shape index (κ2) is 12.5. The third-order valence-electron chi connectivity index (χ3n) is 7.74. The smallest absolute Gasteiger partial charge is 0.253 e. The Hall–Kier alpha value is -5.02. The molecule has 2 aromatic heterocycles. The average molecular weight is 627 g/mol. The van der Waals surface area contributed by atoms with Crippen LogP contribution in [0.4, 0.5) is 14.6 Å². The highest BCUT2D eigenvalue weighted by atomic mass is 35.5. The number of benzene rings is 3. The van der Waals surface area contributed by atoms with Crippen molar-refractivity contribution in [3.63, 3.8) is 0 Å². The van der Waals surface area contributed by atoms with E-state index in [0.29, 0.717) is 27.7 Å². The maximum atomic E-state index is 13.6. The number of nitrogen functional groups attached to an aromatic ring is 1. The lowest BCUT2D eigenvalue weighted by Gasteiger charge is -2.31. The number of anilines is 1. The van der Waals surface area contributed by atoms with Crippen LogP contribution < -0.4 is 11.1 Å². The zero-order valence-corrected chi connectivity index (χ0v) is 24.9. The minimum absolute atomic E-state index is 0.0360. The van der Waals surface area contributed by atoms with Crippen LogP contribution in [0.5, 0.6) is 0 Å². The van der Waals surface area contributed by atoms with Gasteiger partial charge in [0, 0.05) is 59.7 Å². The van der Waals surface area contributed by atoms with Gasteiger partial charge in [0.25, 0.3) is 11.8 Å². The number of amides is 2. The first-order valence-corrected chi connectivity index (χ1v) is 14.8. The van der Waals surface area contributed by atoms with Gasteiger partial charge in [-0.3, -0.25) is 9.59 Å². The third kappa shape index (κ3) is 7.05. The fourth-order valence-corrected chi connectivity index (χ4v) is 5.38. The van der Waals surface area contributed by atoms with Crippen molar-refractivity contribution >= 4 is 46.3 Å². The molecular formula is C35H29ClF2N4O3. The first-order valence-electron chi connectivity index (χ1n) is 14.4. The maximum absolute atomic E-state index is 13.6. The van der Waals surface area contributed by atoms with E-state index in [1.807, 2.05) is 42.5 Å². The molecule has 1 fully saturated rings. The zero-order chi connectivity index (χ0) is 31.6. The molecule has 0 spiro atoms. The van der Waals surface area contributed by atoms with Crippen molar-refractivity contribution in [2.75, 3.05) is 18.8 Å². The Balaban J connectivity index is 1.24. The second-order valence-corrected chi connectivity index (χ2v) is 11.4. The van der Waals surface area contributed by atoms with E-state index >= 15 is 0 Å².